The van der Waals surface area contributed by atoms with Crippen molar-refractivity contribution in [2.45, 2.75) is 20.0 Å². The third-order valence-electron chi connectivity index (χ3n) is 1.41. The summed E-state index contributed by atoms with van der Waals surface area (Å²) in [5.74, 6) is 0. The summed E-state index contributed by atoms with van der Waals surface area (Å²) in [6, 6.07) is 2.07. The van der Waals surface area contributed by atoms with E-state index >= 15 is 0 Å². The lowest BCUT2D eigenvalue weighted by Crippen LogP contribution is -2.06. The molecule has 0 unspecified atom stereocenters. The van der Waals surface area contributed by atoms with Crippen molar-refractivity contribution < 1.29 is 13.2 Å². The van der Waals surface area contributed by atoms with E-state index in [0.717, 1.165) is 12.1 Å². The van der Waals surface area contributed by atoms with Crippen LogP contribution in [-0.4, -0.2) is 4.98 Å². The molecule has 0 aliphatic rings. The molecule has 0 bridgehead atoms. The van der Waals surface area contributed by atoms with Gasteiger partial charge in [0, 0.05) is 11.4 Å². The maximum Gasteiger partial charge on any atom is 0.416 e. The van der Waals surface area contributed by atoms with E-state index in [2.05, 4.69) is 4.98 Å². The number of rotatable bonds is 0. The molecule has 66 valence electrons. The molecule has 0 amide bonds. The van der Waals surface area contributed by atoms with Gasteiger partial charge in [-0.1, -0.05) is 0 Å². The molecule has 4 heteroatoms. The van der Waals surface area contributed by atoms with Crippen LogP contribution >= 0.6 is 0 Å². The van der Waals surface area contributed by atoms with Gasteiger partial charge in [-0.3, -0.25) is 4.98 Å². The highest BCUT2D eigenvalue weighted by Gasteiger charge is 2.30. The smallest absolute Gasteiger partial charge is 0.258 e. The van der Waals surface area contributed by atoms with E-state index in [4.69, 9.17) is 0 Å². The van der Waals surface area contributed by atoms with Gasteiger partial charge in [-0.05, 0) is 26.0 Å². The van der Waals surface area contributed by atoms with Gasteiger partial charge < -0.3 is 0 Å². The number of halogens is 3. The molecule has 0 saturated heterocycles. The van der Waals surface area contributed by atoms with Crippen molar-refractivity contribution in [3.8, 4) is 0 Å². The van der Waals surface area contributed by atoms with Crippen molar-refractivity contribution in [2.24, 2.45) is 0 Å². The third kappa shape index (κ3) is 1.96. The summed E-state index contributed by atoms with van der Waals surface area (Å²) < 4.78 is 36.4. The first kappa shape index (κ1) is 9.03. The second-order valence-electron chi connectivity index (χ2n) is 2.64. The molecule has 0 atom stereocenters. The van der Waals surface area contributed by atoms with Crippen LogP contribution in [-0.2, 0) is 6.18 Å². The summed E-state index contributed by atoms with van der Waals surface area (Å²) in [4.78, 5) is 3.85. The summed E-state index contributed by atoms with van der Waals surface area (Å²) in [6.45, 7) is 3.09. The number of hydrogen-bond acceptors (Lipinski definition) is 1. The Kier molecular flexibility index (Phi) is 2.08. The zero-order valence-electron chi connectivity index (χ0n) is 6.74. The molecule has 1 aromatic heterocycles. The fourth-order valence-electron chi connectivity index (χ4n) is 0.998. The first-order chi connectivity index (χ1) is 5.39. The summed E-state index contributed by atoms with van der Waals surface area (Å²) in [5.41, 5.74) is 0.150. The van der Waals surface area contributed by atoms with Crippen LogP contribution in [0.15, 0.2) is 12.1 Å². The predicted molar refractivity (Wildman–Crippen MR) is 38.7 cm³/mol. The Morgan fingerprint density at radius 3 is 1.83 bits per heavy atom. The van der Waals surface area contributed by atoms with Crippen molar-refractivity contribution in [1.29, 1.82) is 0 Å². The second-order valence-corrected chi connectivity index (χ2v) is 2.64. The van der Waals surface area contributed by atoms with Gasteiger partial charge in [-0.2, -0.15) is 13.2 Å². The Labute approximate surface area is 68.2 Å². The van der Waals surface area contributed by atoms with Gasteiger partial charge in [-0.25, -0.2) is 0 Å². The highest BCUT2D eigenvalue weighted by molar-refractivity contribution is 5.22. The first-order valence-corrected chi connectivity index (χ1v) is 3.42. The highest BCUT2D eigenvalue weighted by Crippen LogP contribution is 2.29. The molecule has 1 rings (SSSR count). The number of nitrogens with zero attached hydrogens (tertiary/aromatic N) is 1. The molecule has 12 heavy (non-hydrogen) atoms. The molecule has 1 aromatic rings. The molecular formula is C8H8F3N. The number of hydrogen-bond donors (Lipinski definition) is 0. The van der Waals surface area contributed by atoms with Crippen molar-refractivity contribution in [3.63, 3.8) is 0 Å². The standard InChI is InChI=1S/C8H8F3N/c1-5-3-7(8(9,10)11)4-6(2)12-5/h3-4H,1-2H3. The maximum atomic E-state index is 12.1. The molecule has 0 radical (unpaired) electrons. The average Bonchev–Trinajstić information content (AvgIpc) is 1.82. The average molecular weight is 175 g/mol. The molecule has 0 saturated carbocycles. The Morgan fingerprint density at radius 1 is 1.08 bits per heavy atom. The van der Waals surface area contributed by atoms with Gasteiger partial charge in [-0.15, -0.1) is 0 Å². The van der Waals surface area contributed by atoms with E-state index in [9.17, 15) is 13.2 Å². The largest absolute Gasteiger partial charge is 0.416 e. The van der Waals surface area contributed by atoms with E-state index in [0.29, 0.717) is 11.4 Å². The lowest BCUT2D eigenvalue weighted by molar-refractivity contribution is -0.137. The van der Waals surface area contributed by atoms with Crippen molar-refractivity contribution in [3.05, 3.63) is 29.1 Å². The fourth-order valence-corrected chi connectivity index (χ4v) is 0.998. The van der Waals surface area contributed by atoms with Crippen molar-refractivity contribution >= 4 is 0 Å². The predicted octanol–water partition coefficient (Wildman–Crippen LogP) is 2.72. The molecule has 0 aromatic carbocycles. The van der Waals surface area contributed by atoms with Crippen LogP contribution < -0.4 is 0 Å². The van der Waals surface area contributed by atoms with Crippen molar-refractivity contribution in [1.82, 2.24) is 4.98 Å². The first-order valence-electron chi connectivity index (χ1n) is 3.42. The van der Waals surface area contributed by atoms with Gasteiger partial charge >= 0.3 is 6.18 Å². The van der Waals surface area contributed by atoms with E-state index in [-0.39, 0.29) is 0 Å². The van der Waals surface area contributed by atoms with Crippen LogP contribution in [0.5, 0.6) is 0 Å². The third-order valence-corrected chi connectivity index (χ3v) is 1.41. The van der Waals surface area contributed by atoms with Crippen LogP contribution in [0.25, 0.3) is 0 Å². The Hall–Kier alpha value is -1.06. The molecule has 1 heterocycles. The van der Waals surface area contributed by atoms with Gasteiger partial charge in [0.2, 0.25) is 0 Å². The van der Waals surface area contributed by atoms with E-state index in [1.54, 1.807) is 13.8 Å². The molecule has 0 aliphatic carbocycles. The minimum absolute atomic E-state index is 0.391. The van der Waals surface area contributed by atoms with E-state index in [1.807, 2.05) is 0 Å². The normalized spacial score (nSPS) is 11.8. The number of pyridine rings is 1. The van der Waals surface area contributed by atoms with E-state index < -0.39 is 11.7 Å². The topological polar surface area (TPSA) is 12.9 Å². The quantitative estimate of drug-likeness (QED) is 0.590. The summed E-state index contributed by atoms with van der Waals surface area (Å²) in [6.07, 6.45) is -4.27. The lowest BCUT2D eigenvalue weighted by atomic mass is 10.2. The minimum Gasteiger partial charge on any atom is -0.258 e. The van der Waals surface area contributed by atoms with Crippen LogP contribution in [0.4, 0.5) is 13.2 Å². The number of aromatic nitrogens is 1. The van der Waals surface area contributed by atoms with Gasteiger partial charge in [0.25, 0.3) is 0 Å². The van der Waals surface area contributed by atoms with Gasteiger partial charge in [0.15, 0.2) is 0 Å². The highest BCUT2D eigenvalue weighted by atomic mass is 19.4. The summed E-state index contributed by atoms with van der Waals surface area (Å²) >= 11 is 0. The number of alkyl halides is 3. The fraction of sp³-hybridized carbons (Fsp3) is 0.375. The zero-order valence-corrected chi connectivity index (χ0v) is 6.74. The molecular weight excluding hydrogens is 167 g/mol. The SMILES string of the molecule is Cc1cc(C(F)(F)F)cc(C)n1. The van der Waals surface area contributed by atoms with Crippen LogP contribution in [0, 0.1) is 13.8 Å². The minimum atomic E-state index is -4.27. The van der Waals surface area contributed by atoms with Gasteiger partial charge in [0.05, 0.1) is 5.56 Å². The van der Waals surface area contributed by atoms with Gasteiger partial charge in [0.1, 0.15) is 0 Å². The zero-order chi connectivity index (χ0) is 9.35. The van der Waals surface area contributed by atoms with Crippen LogP contribution in [0.2, 0.25) is 0 Å². The van der Waals surface area contributed by atoms with Crippen molar-refractivity contribution in [2.75, 3.05) is 0 Å². The lowest BCUT2D eigenvalue weighted by Gasteiger charge is -2.07. The molecule has 0 N–H and O–H groups in total. The molecule has 0 aliphatic heterocycles. The maximum absolute atomic E-state index is 12.1. The molecule has 0 fully saturated rings. The Bertz CT molecular complexity index is 271. The van der Waals surface area contributed by atoms with Crippen LogP contribution in [0.1, 0.15) is 17.0 Å². The van der Waals surface area contributed by atoms with E-state index in [1.165, 1.54) is 0 Å². The molecule has 1 nitrogen and oxygen atoms in total. The molecule has 0 spiro atoms. The Morgan fingerprint density at radius 2 is 1.50 bits per heavy atom. The monoisotopic (exact) mass is 175 g/mol. The summed E-state index contributed by atoms with van der Waals surface area (Å²) in [7, 11) is 0. The number of aryl methyl sites for hydroxylation is 2. The summed E-state index contributed by atoms with van der Waals surface area (Å²) in [5, 5.41) is 0. The Balaban J connectivity index is 3.18. The second kappa shape index (κ2) is 2.77. The van der Waals surface area contributed by atoms with Crippen LogP contribution in [0.3, 0.4) is 0 Å².